The third-order valence-electron chi connectivity index (χ3n) is 2.01. The molecule has 1 rings (SSSR count). The molecule has 1 saturated heterocycles. The second kappa shape index (κ2) is 5.76. The van der Waals surface area contributed by atoms with Crippen molar-refractivity contribution in [2.45, 2.75) is 6.42 Å². The molecule has 1 unspecified atom stereocenters. The van der Waals surface area contributed by atoms with E-state index in [4.69, 9.17) is 9.94 Å². The maximum atomic E-state index is 10.2. The Kier molecular flexibility index (Phi) is 4.60. The Labute approximate surface area is 82.3 Å². The summed E-state index contributed by atoms with van der Waals surface area (Å²) in [5, 5.41) is 21.1. The average molecular weight is 203 g/mol. The molecule has 1 fully saturated rings. The summed E-state index contributed by atoms with van der Waals surface area (Å²) in [5.74, 6) is 0.682. The van der Waals surface area contributed by atoms with Gasteiger partial charge >= 0.3 is 0 Å². The lowest BCUT2D eigenvalue weighted by Gasteiger charge is -2.23. The molecule has 0 aromatic rings. The molecule has 1 aliphatic rings. The van der Waals surface area contributed by atoms with Crippen LogP contribution in [0.1, 0.15) is 6.42 Å². The minimum absolute atomic E-state index is 0.245. The van der Waals surface area contributed by atoms with Crippen LogP contribution in [0.15, 0.2) is 4.99 Å². The van der Waals surface area contributed by atoms with Crippen LogP contribution in [0.2, 0.25) is 0 Å². The summed E-state index contributed by atoms with van der Waals surface area (Å²) in [6.07, 6.45) is 1.00. The predicted molar refractivity (Wildman–Crippen MR) is 50.4 cm³/mol. The normalized spacial score (nSPS) is 22.9. The highest BCUT2D eigenvalue weighted by Gasteiger charge is 2.15. The Morgan fingerprint density at radius 1 is 1.79 bits per heavy atom. The number of nitrogens with one attached hydrogen (secondary N) is 2. The molecule has 7 heteroatoms. The van der Waals surface area contributed by atoms with Crippen molar-refractivity contribution in [3.63, 3.8) is 0 Å². The van der Waals surface area contributed by atoms with Crippen molar-refractivity contribution in [1.82, 2.24) is 16.1 Å². The molecule has 0 aliphatic carbocycles. The van der Waals surface area contributed by atoms with Crippen molar-refractivity contribution in [2.24, 2.45) is 10.9 Å². The van der Waals surface area contributed by atoms with E-state index in [-0.39, 0.29) is 11.3 Å². The topological polar surface area (TPSA) is 92.2 Å². The fraction of sp³-hybridized carbons (Fsp3) is 0.857. The van der Waals surface area contributed by atoms with Gasteiger partial charge < -0.3 is 20.5 Å². The number of aliphatic imine (C=N–C) groups is 1. The Morgan fingerprint density at radius 3 is 3.07 bits per heavy atom. The van der Waals surface area contributed by atoms with E-state index in [1.54, 1.807) is 0 Å². The highest BCUT2D eigenvalue weighted by atomic mass is 16.8. The van der Waals surface area contributed by atoms with Gasteiger partial charge in [-0.3, -0.25) is 10.4 Å². The van der Waals surface area contributed by atoms with Crippen molar-refractivity contribution >= 4 is 5.96 Å². The number of hydrogen-bond acceptors (Lipinski definition) is 5. The van der Waals surface area contributed by atoms with Crippen molar-refractivity contribution in [2.75, 3.05) is 26.8 Å². The van der Waals surface area contributed by atoms with Crippen LogP contribution in [0.25, 0.3) is 0 Å². The van der Waals surface area contributed by atoms with Gasteiger partial charge in [-0.05, 0) is 6.42 Å². The molecule has 1 heterocycles. The summed E-state index contributed by atoms with van der Waals surface area (Å²) in [7, 11) is 1.52. The van der Waals surface area contributed by atoms with Crippen molar-refractivity contribution in [3.8, 4) is 0 Å². The average Bonchev–Trinajstić information content (AvgIpc) is 2.64. The van der Waals surface area contributed by atoms with E-state index in [0.29, 0.717) is 12.5 Å². The summed E-state index contributed by atoms with van der Waals surface area (Å²) in [6, 6.07) is 0. The summed E-state index contributed by atoms with van der Waals surface area (Å²) >= 11 is 0. The molecule has 14 heavy (non-hydrogen) atoms. The number of hydrogen-bond donors (Lipinski definition) is 3. The maximum absolute atomic E-state index is 10.2. The van der Waals surface area contributed by atoms with Crippen LogP contribution < -0.4 is 10.7 Å². The molecular formula is C7H15N4O3-. The molecule has 0 amide bonds. The Balaban J connectivity index is 2.20. The van der Waals surface area contributed by atoms with Gasteiger partial charge in [-0.2, -0.15) is 5.34 Å². The lowest BCUT2D eigenvalue weighted by molar-refractivity contribution is -0.0686. The summed E-state index contributed by atoms with van der Waals surface area (Å²) in [5.41, 5.74) is 2.08. The molecule has 0 aromatic carbocycles. The van der Waals surface area contributed by atoms with Crippen LogP contribution in [-0.4, -0.2) is 43.3 Å². The number of nitrogens with zero attached hydrogens (tertiary/aromatic N) is 2. The van der Waals surface area contributed by atoms with Crippen molar-refractivity contribution in [1.29, 1.82) is 0 Å². The number of ether oxygens (including phenoxy) is 1. The van der Waals surface area contributed by atoms with Gasteiger partial charge in [0.1, 0.15) is 0 Å². The first kappa shape index (κ1) is 11.2. The molecular weight excluding hydrogens is 188 g/mol. The fourth-order valence-electron chi connectivity index (χ4n) is 1.24. The van der Waals surface area contributed by atoms with E-state index in [9.17, 15) is 5.21 Å². The summed E-state index contributed by atoms with van der Waals surface area (Å²) in [6.45, 7) is 2.18. The van der Waals surface area contributed by atoms with Gasteiger partial charge in [0.15, 0.2) is 0 Å². The maximum Gasteiger partial charge on any atom is 0.206 e. The molecule has 3 N–H and O–H groups in total. The van der Waals surface area contributed by atoms with Gasteiger partial charge in [-0.25, -0.2) is 0 Å². The van der Waals surface area contributed by atoms with E-state index in [0.717, 1.165) is 19.6 Å². The smallest absolute Gasteiger partial charge is 0.206 e. The second-order valence-electron chi connectivity index (χ2n) is 3.07. The number of guanidine groups is 1. The van der Waals surface area contributed by atoms with Gasteiger partial charge in [0.2, 0.25) is 5.96 Å². The largest absolute Gasteiger partial charge is 0.744 e. The lowest BCUT2D eigenvalue weighted by Crippen LogP contribution is -2.45. The summed E-state index contributed by atoms with van der Waals surface area (Å²) < 4.78 is 5.18. The third-order valence-corrected chi connectivity index (χ3v) is 2.01. The molecule has 1 atom stereocenters. The quantitative estimate of drug-likeness (QED) is 0.319. The van der Waals surface area contributed by atoms with Crippen LogP contribution >= 0.6 is 0 Å². The van der Waals surface area contributed by atoms with Gasteiger partial charge in [-0.1, -0.05) is 0 Å². The van der Waals surface area contributed by atoms with Crippen LogP contribution in [0.4, 0.5) is 0 Å². The van der Waals surface area contributed by atoms with Crippen LogP contribution in [0.5, 0.6) is 0 Å². The zero-order valence-corrected chi connectivity index (χ0v) is 8.06. The molecule has 0 radical (unpaired) electrons. The third kappa shape index (κ3) is 3.88. The fourth-order valence-corrected chi connectivity index (χ4v) is 1.24. The first-order valence-corrected chi connectivity index (χ1v) is 4.43. The molecule has 0 saturated carbocycles. The van der Waals surface area contributed by atoms with Gasteiger partial charge in [-0.15, -0.1) is 0 Å². The molecule has 7 nitrogen and oxygen atoms in total. The Morgan fingerprint density at radius 2 is 2.57 bits per heavy atom. The first-order valence-electron chi connectivity index (χ1n) is 4.43. The van der Waals surface area contributed by atoms with E-state index in [1.807, 2.05) is 0 Å². The number of hydrazine groups is 1. The lowest BCUT2D eigenvalue weighted by atomic mass is 10.1. The monoisotopic (exact) mass is 203 g/mol. The van der Waals surface area contributed by atoms with E-state index in [1.165, 1.54) is 7.05 Å². The molecule has 0 spiro atoms. The van der Waals surface area contributed by atoms with Crippen molar-refractivity contribution in [3.05, 3.63) is 5.21 Å². The van der Waals surface area contributed by atoms with Gasteiger partial charge in [0, 0.05) is 26.1 Å². The minimum atomic E-state index is -0.388. The van der Waals surface area contributed by atoms with Crippen LogP contribution in [-0.2, 0) is 4.74 Å². The highest BCUT2D eigenvalue weighted by Crippen LogP contribution is 2.10. The van der Waals surface area contributed by atoms with Crippen LogP contribution in [0, 0.1) is 11.1 Å². The molecule has 0 aromatic heterocycles. The van der Waals surface area contributed by atoms with E-state index < -0.39 is 0 Å². The predicted octanol–water partition coefficient (Wildman–Crippen LogP) is -0.708. The summed E-state index contributed by atoms with van der Waals surface area (Å²) in [4.78, 5) is 3.74. The standard InChI is InChI=1S/C7H15N4O3/c1-8-7(10-11(12)13)9-4-6-2-3-14-5-6/h6,12H,2-5H2,1H3,(H2,8,9,10)/q-1. The van der Waals surface area contributed by atoms with Gasteiger partial charge in [0.05, 0.1) is 6.61 Å². The zero-order valence-electron chi connectivity index (χ0n) is 8.06. The molecule has 82 valence electrons. The SMILES string of the molecule is CN=C(NCC1CCOC1)NN([O-])O. The molecule has 1 aliphatic heterocycles. The first-order chi connectivity index (χ1) is 6.72. The number of rotatable bonds is 3. The zero-order chi connectivity index (χ0) is 10.4. The Bertz CT molecular complexity index is 191. The second-order valence-corrected chi connectivity index (χ2v) is 3.07. The van der Waals surface area contributed by atoms with Crippen molar-refractivity contribution < 1.29 is 9.94 Å². The van der Waals surface area contributed by atoms with Crippen LogP contribution in [0.3, 0.4) is 0 Å². The Hall–Kier alpha value is -0.890. The van der Waals surface area contributed by atoms with E-state index >= 15 is 0 Å². The highest BCUT2D eigenvalue weighted by molar-refractivity contribution is 5.79. The minimum Gasteiger partial charge on any atom is -0.744 e. The van der Waals surface area contributed by atoms with E-state index in [2.05, 4.69) is 15.7 Å². The van der Waals surface area contributed by atoms with Gasteiger partial charge in [0.25, 0.3) is 0 Å². The molecule has 0 bridgehead atoms.